The summed E-state index contributed by atoms with van der Waals surface area (Å²) < 4.78 is 12.6. The predicted octanol–water partition coefficient (Wildman–Crippen LogP) is 7.54. The van der Waals surface area contributed by atoms with E-state index in [1.807, 2.05) is 36.4 Å². The van der Waals surface area contributed by atoms with Crippen LogP contribution in [-0.2, 0) is 0 Å². The van der Waals surface area contributed by atoms with Crippen LogP contribution in [0.4, 0.5) is 0 Å². The lowest BCUT2D eigenvalue weighted by molar-refractivity contribution is 0.476. The standard InChI is InChI=1S/C26H14O2/c1-2-8-16-15(7-1)23-17-9-3-5-11-19(17)27-21-13-14-22-26(25(21)23)24(16)18-10-4-6-12-20(18)28-22/h1-14H. The molecule has 0 bridgehead atoms. The third kappa shape index (κ3) is 1.64. The number of hydrogen-bond donors (Lipinski definition) is 0. The molecule has 0 unspecified atom stereocenters. The molecule has 2 aliphatic rings. The number of hydrogen-bond acceptors (Lipinski definition) is 2. The fourth-order valence-electron chi connectivity index (χ4n) is 4.74. The molecule has 0 aliphatic carbocycles. The Balaban J connectivity index is 1.81. The van der Waals surface area contributed by atoms with Crippen molar-refractivity contribution in [3.63, 3.8) is 0 Å². The highest BCUT2D eigenvalue weighted by Crippen LogP contribution is 2.57. The van der Waals surface area contributed by atoms with Gasteiger partial charge >= 0.3 is 0 Å². The fraction of sp³-hybridized carbons (Fsp3) is 0. The highest BCUT2D eigenvalue weighted by atomic mass is 16.5. The molecule has 130 valence electrons. The fourth-order valence-corrected chi connectivity index (χ4v) is 4.74. The van der Waals surface area contributed by atoms with E-state index in [4.69, 9.17) is 9.47 Å². The Morgan fingerprint density at radius 3 is 1.32 bits per heavy atom. The van der Waals surface area contributed by atoms with Crippen molar-refractivity contribution in [2.24, 2.45) is 0 Å². The summed E-state index contributed by atoms with van der Waals surface area (Å²) >= 11 is 0. The summed E-state index contributed by atoms with van der Waals surface area (Å²) in [5.74, 6) is 3.59. The van der Waals surface area contributed by atoms with Gasteiger partial charge in [-0.05, 0) is 35.0 Å². The molecule has 7 rings (SSSR count). The molecule has 28 heavy (non-hydrogen) atoms. The van der Waals surface area contributed by atoms with Crippen molar-refractivity contribution in [2.75, 3.05) is 0 Å². The summed E-state index contributed by atoms with van der Waals surface area (Å²) in [5.41, 5.74) is 4.73. The zero-order chi connectivity index (χ0) is 18.2. The molecule has 5 aromatic rings. The third-order valence-electron chi connectivity index (χ3n) is 5.85. The highest BCUT2D eigenvalue weighted by molar-refractivity contribution is 6.26. The molecule has 2 heteroatoms. The maximum atomic E-state index is 6.31. The second-order valence-corrected chi connectivity index (χ2v) is 7.30. The summed E-state index contributed by atoms with van der Waals surface area (Å²) in [6.45, 7) is 0. The van der Waals surface area contributed by atoms with Gasteiger partial charge in [-0.1, -0.05) is 60.7 Å². The van der Waals surface area contributed by atoms with Crippen LogP contribution in [0.15, 0.2) is 84.9 Å². The lowest BCUT2D eigenvalue weighted by Crippen LogP contribution is -2.03. The molecule has 5 aromatic carbocycles. The van der Waals surface area contributed by atoms with Crippen molar-refractivity contribution >= 4 is 21.5 Å². The first-order valence-corrected chi connectivity index (χ1v) is 9.46. The summed E-state index contributed by atoms with van der Waals surface area (Å²) in [6.07, 6.45) is 0. The van der Waals surface area contributed by atoms with Gasteiger partial charge in [0.1, 0.15) is 23.0 Å². The average Bonchev–Trinajstić information content (AvgIpc) is 2.76. The maximum absolute atomic E-state index is 6.31. The lowest BCUT2D eigenvalue weighted by atomic mass is 9.83. The van der Waals surface area contributed by atoms with Gasteiger partial charge in [0.05, 0.1) is 0 Å². The van der Waals surface area contributed by atoms with E-state index in [9.17, 15) is 0 Å². The quantitative estimate of drug-likeness (QED) is 0.261. The first-order chi connectivity index (χ1) is 13.9. The smallest absolute Gasteiger partial charge is 0.136 e. The van der Waals surface area contributed by atoms with Gasteiger partial charge in [-0.2, -0.15) is 0 Å². The van der Waals surface area contributed by atoms with E-state index in [1.165, 1.54) is 21.9 Å². The van der Waals surface area contributed by atoms with Crippen LogP contribution in [0.25, 0.3) is 43.8 Å². The van der Waals surface area contributed by atoms with Gasteiger partial charge in [0.25, 0.3) is 0 Å². The predicted molar refractivity (Wildman–Crippen MR) is 112 cm³/mol. The minimum absolute atomic E-state index is 0.891. The largest absolute Gasteiger partial charge is 0.456 e. The Morgan fingerprint density at radius 1 is 0.393 bits per heavy atom. The van der Waals surface area contributed by atoms with Crippen molar-refractivity contribution in [1.82, 2.24) is 0 Å². The molecule has 0 spiro atoms. The van der Waals surface area contributed by atoms with E-state index >= 15 is 0 Å². The Bertz CT molecular complexity index is 1350. The van der Waals surface area contributed by atoms with Gasteiger partial charge in [0.2, 0.25) is 0 Å². The summed E-state index contributed by atoms with van der Waals surface area (Å²) in [6, 6.07) is 29.3. The molecule has 0 saturated heterocycles. The van der Waals surface area contributed by atoms with Gasteiger partial charge in [-0.3, -0.25) is 0 Å². The van der Waals surface area contributed by atoms with Gasteiger partial charge in [-0.25, -0.2) is 0 Å². The molecule has 2 nitrogen and oxygen atoms in total. The van der Waals surface area contributed by atoms with E-state index in [2.05, 4.69) is 48.5 Å². The number of para-hydroxylation sites is 2. The molecule has 2 aliphatic heterocycles. The molecule has 0 atom stereocenters. The Hall–Kier alpha value is -3.78. The molecule has 0 saturated carbocycles. The number of fused-ring (bicyclic) bond motifs is 7. The van der Waals surface area contributed by atoms with Gasteiger partial charge in [0, 0.05) is 33.0 Å². The Kier molecular flexibility index (Phi) is 2.52. The monoisotopic (exact) mass is 358 g/mol. The topological polar surface area (TPSA) is 18.5 Å². The molecular formula is C26H14O2. The second kappa shape index (κ2) is 4.93. The Labute approximate surface area is 161 Å². The Morgan fingerprint density at radius 2 is 0.821 bits per heavy atom. The van der Waals surface area contributed by atoms with Gasteiger partial charge < -0.3 is 9.47 Å². The van der Waals surface area contributed by atoms with Crippen LogP contribution in [0.2, 0.25) is 0 Å². The van der Waals surface area contributed by atoms with Crippen molar-refractivity contribution in [3.05, 3.63) is 84.9 Å². The minimum Gasteiger partial charge on any atom is -0.456 e. The number of rotatable bonds is 0. The number of benzene rings is 5. The molecule has 0 amide bonds. The van der Waals surface area contributed by atoms with Crippen LogP contribution in [0.3, 0.4) is 0 Å². The first kappa shape index (κ1) is 14.3. The van der Waals surface area contributed by atoms with E-state index in [0.717, 1.165) is 44.9 Å². The van der Waals surface area contributed by atoms with Crippen LogP contribution < -0.4 is 9.47 Å². The summed E-state index contributed by atoms with van der Waals surface area (Å²) in [4.78, 5) is 0. The van der Waals surface area contributed by atoms with Gasteiger partial charge in [-0.15, -0.1) is 0 Å². The zero-order valence-electron chi connectivity index (χ0n) is 14.9. The normalized spacial score (nSPS) is 12.9. The lowest BCUT2D eigenvalue weighted by Gasteiger charge is -2.29. The molecule has 0 aromatic heterocycles. The van der Waals surface area contributed by atoms with E-state index < -0.39 is 0 Å². The van der Waals surface area contributed by atoms with Crippen molar-refractivity contribution in [2.45, 2.75) is 0 Å². The molecule has 2 heterocycles. The van der Waals surface area contributed by atoms with Crippen LogP contribution in [0.1, 0.15) is 0 Å². The average molecular weight is 358 g/mol. The molecule has 0 fully saturated rings. The van der Waals surface area contributed by atoms with Crippen molar-refractivity contribution < 1.29 is 9.47 Å². The summed E-state index contributed by atoms with van der Waals surface area (Å²) in [7, 11) is 0. The van der Waals surface area contributed by atoms with E-state index in [1.54, 1.807) is 0 Å². The maximum Gasteiger partial charge on any atom is 0.136 e. The van der Waals surface area contributed by atoms with Crippen LogP contribution in [0.5, 0.6) is 23.0 Å². The minimum atomic E-state index is 0.891. The zero-order valence-corrected chi connectivity index (χ0v) is 14.9. The van der Waals surface area contributed by atoms with Crippen molar-refractivity contribution in [1.29, 1.82) is 0 Å². The van der Waals surface area contributed by atoms with E-state index in [0.29, 0.717) is 0 Å². The highest BCUT2D eigenvalue weighted by Gasteiger charge is 2.30. The van der Waals surface area contributed by atoms with Crippen molar-refractivity contribution in [3.8, 4) is 45.3 Å². The molecule has 0 N–H and O–H groups in total. The summed E-state index contributed by atoms with van der Waals surface area (Å²) in [5, 5.41) is 4.77. The van der Waals surface area contributed by atoms with Crippen LogP contribution in [-0.4, -0.2) is 0 Å². The van der Waals surface area contributed by atoms with E-state index in [-0.39, 0.29) is 0 Å². The SMILES string of the molecule is c1ccc2c(c1)Oc1ccc3c4c(c5ccccc5c-2c14)-c1ccccc1O3. The molecule has 0 radical (unpaired) electrons. The van der Waals surface area contributed by atoms with Crippen LogP contribution >= 0.6 is 0 Å². The van der Waals surface area contributed by atoms with Crippen LogP contribution in [0, 0.1) is 0 Å². The molecular weight excluding hydrogens is 344 g/mol. The first-order valence-electron chi connectivity index (χ1n) is 9.46. The number of ether oxygens (including phenoxy) is 2. The third-order valence-corrected chi connectivity index (χ3v) is 5.85. The van der Waals surface area contributed by atoms with Gasteiger partial charge in [0.15, 0.2) is 0 Å². The second-order valence-electron chi connectivity index (χ2n) is 7.30.